The van der Waals surface area contributed by atoms with Crippen LogP contribution in [0.1, 0.15) is 18.1 Å². The molecule has 0 spiro atoms. The molecule has 3 aromatic rings. The van der Waals surface area contributed by atoms with Crippen LogP contribution in [0.25, 0.3) is 5.69 Å². The summed E-state index contributed by atoms with van der Waals surface area (Å²) in [5.41, 5.74) is 5.70. The molecule has 0 atom stereocenters. The van der Waals surface area contributed by atoms with E-state index in [4.69, 9.17) is 0 Å². The van der Waals surface area contributed by atoms with Crippen molar-refractivity contribution in [2.24, 2.45) is 5.10 Å². The second-order valence-corrected chi connectivity index (χ2v) is 5.94. The third-order valence-electron chi connectivity index (χ3n) is 4.01. The topological polar surface area (TPSA) is 75.5 Å². The zero-order valence-corrected chi connectivity index (χ0v) is 14.9. The van der Waals surface area contributed by atoms with Crippen LogP contribution in [0.3, 0.4) is 0 Å². The summed E-state index contributed by atoms with van der Waals surface area (Å²) in [6, 6.07) is 21.0. The van der Waals surface area contributed by atoms with Crippen molar-refractivity contribution in [2.45, 2.75) is 13.5 Å². The van der Waals surface area contributed by atoms with Crippen LogP contribution in [0.5, 0.6) is 0 Å². The van der Waals surface area contributed by atoms with Crippen molar-refractivity contribution in [1.29, 1.82) is 0 Å². The van der Waals surface area contributed by atoms with Crippen LogP contribution in [-0.4, -0.2) is 22.1 Å². The molecule has 0 unspecified atom stereocenters. The number of nitrogens with one attached hydrogen (secondary N) is 2. The first kappa shape index (κ1) is 18.1. The third kappa shape index (κ3) is 4.92. The number of benzene rings is 2. The Balaban J connectivity index is 1.54. The van der Waals surface area contributed by atoms with Gasteiger partial charge in [-0.1, -0.05) is 42.5 Å². The van der Waals surface area contributed by atoms with E-state index in [1.807, 2.05) is 83.7 Å². The van der Waals surface area contributed by atoms with E-state index in [-0.39, 0.29) is 6.54 Å². The van der Waals surface area contributed by atoms with Crippen molar-refractivity contribution in [3.8, 4) is 5.69 Å². The summed E-state index contributed by atoms with van der Waals surface area (Å²) in [4.78, 5) is 23.7. The Morgan fingerprint density at radius 2 is 1.56 bits per heavy atom. The highest BCUT2D eigenvalue weighted by Gasteiger charge is 2.12. The van der Waals surface area contributed by atoms with Gasteiger partial charge >= 0.3 is 11.8 Å². The molecular weight excluding hydrogens is 340 g/mol. The van der Waals surface area contributed by atoms with Gasteiger partial charge in [0.1, 0.15) is 0 Å². The van der Waals surface area contributed by atoms with Crippen LogP contribution in [0.2, 0.25) is 0 Å². The van der Waals surface area contributed by atoms with E-state index in [9.17, 15) is 9.59 Å². The van der Waals surface area contributed by atoms with Gasteiger partial charge in [0.2, 0.25) is 0 Å². The Morgan fingerprint density at radius 1 is 0.889 bits per heavy atom. The number of hydrazone groups is 1. The van der Waals surface area contributed by atoms with Gasteiger partial charge in [0.05, 0.1) is 5.71 Å². The lowest BCUT2D eigenvalue weighted by Crippen LogP contribution is -2.37. The van der Waals surface area contributed by atoms with Gasteiger partial charge in [-0.05, 0) is 42.3 Å². The summed E-state index contributed by atoms with van der Waals surface area (Å²) < 4.78 is 2.00. The number of nitrogens with zero attached hydrogens (tertiary/aromatic N) is 2. The minimum atomic E-state index is -0.797. The molecule has 0 saturated carbocycles. The number of carbonyl (C=O) groups is 2. The summed E-state index contributed by atoms with van der Waals surface area (Å²) in [6.07, 6.45) is 3.93. The predicted molar refractivity (Wildman–Crippen MR) is 104 cm³/mol. The van der Waals surface area contributed by atoms with Gasteiger partial charge in [-0.3, -0.25) is 9.59 Å². The molecule has 0 radical (unpaired) electrons. The molecule has 3 rings (SSSR count). The first-order valence-electron chi connectivity index (χ1n) is 8.53. The Labute approximate surface area is 157 Å². The van der Waals surface area contributed by atoms with Crippen LogP contribution >= 0.6 is 0 Å². The summed E-state index contributed by atoms with van der Waals surface area (Å²) in [5, 5.41) is 6.57. The van der Waals surface area contributed by atoms with E-state index in [2.05, 4.69) is 15.8 Å². The van der Waals surface area contributed by atoms with E-state index in [0.29, 0.717) is 5.71 Å². The van der Waals surface area contributed by atoms with E-state index in [1.54, 1.807) is 6.92 Å². The molecule has 1 aromatic heterocycles. The predicted octanol–water partition coefficient (Wildman–Crippen LogP) is 2.63. The Kier molecular flexibility index (Phi) is 5.79. The van der Waals surface area contributed by atoms with Crippen LogP contribution in [0.15, 0.2) is 84.2 Å². The van der Waals surface area contributed by atoms with Gasteiger partial charge in [-0.2, -0.15) is 5.10 Å². The van der Waals surface area contributed by atoms with Crippen molar-refractivity contribution in [3.05, 3.63) is 90.3 Å². The molecule has 6 heteroatoms. The lowest BCUT2D eigenvalue weighted by molar-refractivity contribution is -0.139. The van der Waals surface area contributed by atoms with Crippen LogP contribution in [0.4, 0.5) is 0 Å². The monoisotopic (exact) mass is 360 g/mol. The van der Waals surface area contributed by atoms with E-state index in [1.165, 1.54) is 0 Å². The molecule has 136 valence electrons. The third-order valence-corrected chi connectivity index (χ3v) is 4.01. The molecule has 27 heavy (non-hydrogen) atoms. The minimum Gasteiger partial charge on any atom is -0.344 e. The summed E-state index contributed by atoms with van der Waals surface area (Å²) in [5.74, 6) is -1.52. The SMILES string of the molecule is C/C(=N\NC(=O)C(=O)NCc1ccccc1)c1ccc(-n2cccc2)cc1. The number of hydrogen-bond acceptors (Lipinski definition) is 3. The van der Waals surface area contributed by atoms with Crippen LogP contribution in [-0.2, 0) is 16.1 Å². The van der Waals surface area contributed by atoms with Crippen molar-refractivity contribution in [1.82, 2.24) is 15.3 Å². The van der Waals surface area contributed by atoms with Gasteiger partial charge in [0.15, 0.2) is 0 Å². The van der Waals surface area contributed by atoms with Gasteiger partial charge in [0.25, 0.3) is 0 Å². The van der Waals surface area contributed by atoms with Crippen molar-refractivity contribution < 1.29 is 9.59 Å². The molecule has 2 aromatic carbocycles. The molecule has 0 saturated heterocycles. The molecule has 0 aliphatic heterocycles. The Hall–Kier alpha value is -3.67. The maximum Gasteiger partial charge on any atom is 0.329 e. The first-order chi connectivity index (χ1) is 13.1. The fourth-order valence-electron chi connectivity index (χ4n) is 2.49. The normalized spacial score (nSPS) is 11.1. The maximum atomic E-state index is 11.9. The highest BCUT2D eigenvalue weighted by atomic mass is 16.2. The van der Waals surface area contributed by atoms with Crippen LogP contribution < -0.4 is 10.7 Å². The van der Waals surface area contributed by atoms with Gasteiger partial charge in [-0.25, -0.2) is 5.43 Å². The molecule has 2 N–H and O–H groups in total. The summed E-state index contributed by atoms with van der Waals surface area (Å²) >= 11 is 0. The number of hydrogen-bond donors (Lipinski definition) is 2. The highest BCUT2D eigenvalue weighted by molar-refractivity contribution is 6.35. The second kappa shape index (κ2) is 8.62. The minimum absolute atomic E-state index is 0.288. The Morgan fingerprint density at radius 3 is 2.22 bits per heavy atom. The average molecular weight is 360 g/mol. The lowest BCUT2D eigenvalue weighted by Gasteiger charge is -2.06. The molecular formula is C21H20N4O2. The standard InChI is InChI=1S/C21H20N4O2/c1-16(18-9-11-19(12-10-18)25-13-5-6-14-25)23-24-21(27)20(26)22-15-17-7-3-2-4-8-17/h2-14H,15H2,1H3,(H,22,26)(H,24,27)/b23-16+. The zero-order chi connectivity index (χ0) is 19.1. The fourth-order valence-corrected chi connectivity index (χ4v) is 2.49. The van der Waals surface area contributed by atoms with Crippen molar-refractivity contribution in [3.63, 3.8) is 0 Å². The van der Waals surface area contributed by atoms with Crippen molar-refractivity contribution in [2.75, 3.05) is 0 Å². The zero-order valence-electron chi connectivity index (χ0n) is 14.9. The molecule has 0 aliphatic carbocycles. The summed E-state index contributed by atoms with van der Waals surface area (Å²) in [7, 11) is 0. The van der Waals surface area contributed by atoms with Gasteiger partial charge in [-0.15, -0.1) is 0 Å². The van der Waals surface area contributed by atoms with E-state index >= 15 is 0 Å². The molecule has 1 heterocycles. The maximum absolute atomic E-state index is 11.9. The fraction of sp³-hybridized carbons (Fsp3) is 0.0952. The Bertz CT molecular complexity index is 930. The molecule has 6 nitrogen and oxygen atoms in total. The first-order valence-corrected chi connectivity index (χ1v) is 8.53. The lowest BCUT2D eigenvalue weighted by atomic mass is 10.1. The smallest absolute Gasteiger partial charge is 0.329 e. The molecule has 0 aliphatic rings. The number of rotatable bonds is 5. The molecule has 2 amide bonds. The second-order valence-electron chi connectivity index (χ2n) is 5.94. The number of carbonyl (C=O) groups excluding carboxylic acids is 2. The molecule has 0 fully saturated rings. The average Bonchev–Trinajstić information content (AvgIpc) is 3.25. The van der Waals surface area contributed by atoms with Gasteiger partial charge < -0.3 is 9.88 Å². The number of aromatic nitrogens is 1. The largest absolute Gasteiger partial charge is 0.344 e. The highest BCUT2D eigenvalue weighted by Crippen LogP contribution is 2.10. The number of amides is 2. The van der Waals surface area contributed by atoms with E-state index < -0.39 is 11.8 Å². The van der Waals surface area contributed by atoms with E-state index in [0.717, 1.165) is 16.8 Å². The van der Waals surface area contributed by atoms with Crippen LogP contribution in [0, 0.1) is 0 Å². The van der Waals surface area contributed by atoms with Crippen molar-refractivity contribution >= 4 is 17.5 Å². The van der Waals surface area contributed by atoms with Gasteiger partial charge in [0, 0.05) is 24.6 Å². The summed E-state index contributed by atoms with van der Waals surface area (Å²) in [6.45, 7) is 2.06. The molecule has 0 bridgehead atoms. The quantitative estimate of drug-likeness (QED) is 0.417.